The Morgan fingerprint density at radius 3 is 2.75 bits per heavy atom. The molecule has 0 saturated carbocycles. The molecule has 2 aromatic rings. The normalized spacial score (nSPS) is 18.9. The summed E-state index contributed by atoms with van der Waals surface area (Å²) in [5.74, 6) is 0.0691. The van der Waals surface area contributed by atoms with Gasteiger partial charge in [-0.15, -0.1) is 0 Å². The van der Waals surface area contributed by atoms with E-state index in [-0.39, 0.29) is 29.7 Å². The van der Waals surface area contributed by atoms with Crippen LogP contribution in [0, 0.1) is 23.1 Å². The molecular formula is C25H31FN4O2. The van der Waals surface area contributed by atoms with Crippen molar-refractivity contribution < 1.29 is 13.9 Å². The fraction of sp³-hybridized carbons (Fsp3) is 0.440. The van der Waals surface area contributed by atoms with Crippen LogP contribution in [0.5, 0.6) is 5.75 Å². The van der Waals surface area contributed by atoms with Crippen molar-refractivity contribution in [2.24, 2.45) is 5.92 Å². The van der Waals surface area contributed by atoms with E-state index in [0.29, 0.717) is 17.9 Å². The molecule has 2 N–H and O–H groups in total. The minimum absolute atomic E-state index is 0.0376. The third-order valence-electron chi connectivity index (χ3n) is 5.77. The lowest BCUT2D eigenvalue weighted by Crippen LogP contribution is -2.43. The summed E-state index contributed by atoms with van der Waals surface area (Å²) in [6, 6.07) is 16.1. The average Bonchev–Trinajstić information content (AvgIpc) is 3.26. The second-order valence-electron chi connectivity index (χ2n) is 8.62. The minimum Gasteiger partial charge on any atom is -0.479 e. The molecule has 1 aliphatic rings. The third-order valence-corrected chi connectivity index (χ3v) is 5.77. The van der Waals surface area contributed by atoms with Crippen molar-refractivity contribution in [3.05, 3.63) is 65.5 Å². The van der Waals surface area contributed by atoms with Crippen LogP contribution in [-0.4, -0.2) is 36.5 Å². The van der Waals surface area contributed by atoms with E-state index in [9.17, 15) is 14.4 Å². The zero-order valence-electron chi connectivity index (χ0n) is 18.8. The van der Waals surface area contributed by atoms with E-state index >= 15 is 0 Å². The highest BCUT2D eigenvalue weighted by atomic mass is 19.1. The Kier molecular flexibility index (Phi) is 8.20. The predicted octanol–water partition coefficient (Wildman–Crippen LogP) is 3.95. The number of benzene rings is 2. The van der Waals surface area contributed by atoms with Gasteiger partial charge in [-0.05, 0) is 55.0 Å². The van der Waals surface area contributed by atoms with Gasteiger partial charge in [0.2, 0.25) is 0 Å². The van der Waals surface area contributed by atoms with Crippen LogP contribution in [0.15, 0.2) is 48.5 Å². The lowest BCUT2D eigenvalue weighted by Gasteiger charge is -2.27. The molecule has 3 atom stereocenters. The highest BCUT2D eigenvalue weighted by Gasteiger charge is 2.29. The Morgan fingerprint density at radius 1 is 1.25 bits per heavy atom. The van der Waals surface area contributed by atoms with Crippen molar-refractivity contribution in [3.8, 4) is 11.8 Å². The van der Waals surface area contributed by atoms with Crippen LogP contribution in [0.1, 0.15) is 50.3 Å². The maximum absolute atomic E-state index is 13.5. The monoisotopic (exact) mass is 438 g/mol. The maximum Gasteiger partial charge on any atom is 0.263 e. The van der Waals surface area contributed by atoms with E-state index < -0.39 is 6.10 Å². The van der Waals surface area contributed by atoms with Gasteiger partial charge in [0.1, 0.15) is 17.6 Å². The van der Waals surface area contributed by atoms with Crippen LogP contribution in [0.3, 0.4) is 0 Å². The number of ether oxygens (including phenoxy) is 1. The molecule has 3 rings (SSSR count). The summed E-state index contributed by atoms with van der Waals surface area (Å²) in [7, 11) is 1.78. The summed E-state index contributed by atoms with van der Waals surface area (Å²) in [6.45, 7) is 4.48. The zero-order chi connectivity index (χ0) is 23.1. The van der Waals surface area contributed by atoms with Crippen LogP contribution < -0.4 is 15.6 Å². The van der Waals surface area contributed by atoms with Crippen LogP contribution >= 0.6 is 0 Å². The predicted molar refractivity (Wildman–Crippen MR) is 121 cm³/mol. The first kappa shape index (κ1) is 23.7. The molecule has 0 spiro atoms. The van der Waals surface area contributed by atoms with E-state index in [1.165, 1.54) is 6.07 Å². The number of nitrogens with zero attached hydrogens (tertiary/aromatic N) is 2. The highest BCUT2D eigenvalue weighted by Crippen LogP contribution is 2.25. The van der Waals surface area contributed by atoms with E-state index in [4.69, 9.17) is 4.74 Å². The number of para-hydroxylation sites is 1. The van der Waals surface area contributed by atoms with Crippen molar-refractivity contribution in [1.29, 1.82) is 5.26 Å². The van der Waals surface area contributed by atoms with Gasteiger partial charge in [-0.1, -0.05) is 38.1 Å². The van der Waals surface area contributed by atoms with Crippen molar-refractivity contribution in [2.45, 2.75) is 51.3 Å². The number of hydrogen-bond acceptors (Lipinski definition) is 5. The van der Waals surface area contributed by atoms with Crippen LogP contribution in [0.25, 0.3) is 0 Å². The summed E-state index contributed by atoms with van der Waals surface area (Å²) >= 11 is 0. The van der Waals surface area contributed by atoms with Gasteiger partial charge in [0, 0.05) is 25.7 Å². The number of likely N-dealkylation sites (N-methyl/N-ethyl adjacent to an activating group) is 1. The third kappa shape index (κ3) is 6.06. The molecule has 1 fully saturated rings. The van der Waals surface area contributed by atoms with Gasteiger partial charge in [0.15, 0.2) is 6.10 Å². The van der Waals surface area contributed by atoms with Gasteiger partial charge in [-0.2, -0.15) is 5.26 Å². The van der Waals surface area contributed by atoms with Gasteiger partial charge in [-0.3, -0.25) is 15.6 Å². The molecule has 0 aromatic heterocycles. The summed E-state index contributed by atoms with van der Waals surface area (Å²) in [6.07, 6.45) is 1.93. The molecule has 32 heavy (non-hydrogen) atoms. The quantitative estimate of drug-likeness (QED) is 0.620. The van der Waals surface area contributed by atoms with Gasteiger partial charge in [0.05, 0.1) is 5.56 Å². The van der Waals surface area contributed by atoms with E-state index in [1.807, 2.05) is 19.9 Å². The number of nitriles is 1. The average molecular weight is 439 g/mol. The lowest BCUT2D eigenvalue weighted by atomic mass is 9.99. The Hall–Kier alpha value is -2.95. The topological polar surface area (TPSA) is 77.4 Å². The van der Waals surface area contributed by atoms with Crippen LogP contribution in [0.2, 0.25) is 0 Å². The first-order valence-corrected chi connectivity index (χ1v) is 11.1. The number of halogens is 1. The molecule has 0 aliphatic carbocycles. The first-order valence-electron chi connectivity index (χ1n) is 11.1. The molecule has 3 unspecified atom stereocenters. The van der Waals surface area contributed by atoms with E-state index in [2.05, 4.69) is 16.9 Å². The standard InChI is InChI=1S/C25H31FN4O2/c1-17(2)24(32-23-12-5-4-8-19(23)16-27)25(31)30(3)13-7-11-21-15-22(29-28-21)18-9-6-10-20(26)14-18/h4-6,8-10,12,14,17,21-22,24,28-29H,7,11,13,15H2,1-3H3. The number of hydrogen-bond donors (Lipinski definition) is 2. The fourth-order valence-corrected chi connectivity index (χ4v) is 3.93. The van der Waals surface area contributed by atoms with Crippen molar-refractivity contribution in [2.75, 3.05) is 13.6 Å². The molecule has 1 heterocycles. The van der Waals surface area contributed by atoms with Crippen LogP contribution in [0.4, 0.5) is 4.39 Å². The molecular weight excluding hydrogens is 407 g/mol. The lowest BCUT2D eigenvalue weighted by molar-refractivity contribution is -0.139. The molecule has 2 aromatic carbocycles. The van der Waals surface area contributed by atoms with Gasteiger partial charge in [-0.25, -0.2) is 4.39 Å². The Morgan fingerprint density at radius 2 is 2.03 bits per heavy atom. The van der Waals surface area contributed by atoms with E-state index in [1.54, 1.807) is 48.3 Å². The summed E-state index contributed by atoms with van der Waals surface area (Å²) in [5.41, 5.74) is 7.87. The number of amides is 1. The van der Waals surface area contributed by atoms with Crippen molar-refractivity contribution in [3.63, 3.8) is 0 Å². The first-order chi connectivity index (χ1) is 15.4. The SMILES string of the molecule is CC(C)C(Oc1ccccc1C#N)C(=O)N(C)CCCC1CC(c2cccc(F)c2)NN1. The minimum atomic E-state index is -0.655. The fourth-order valence-electron chi connectivity index (χ4n) is 3.93. The number of hydrazine groups is 1. The molecule has 6 nitrogen and oxygen atoms in total. The van der Waals surface area contributed by atoms with Gasteiger partial charge >= 0.3 is 0 Å². The summed E-state index contributed by atoms with van der Waals surface area (Å²) in [4.78, 5) is 14.7. The Labute approximate surface area is 189 Å². The van der Waals surface area contributed by atoms with Gasteiger partial charge in [0.25, 0.3) is 5.91 Å². The smallest absolute Gasteiger partial charge is 0.263 e. The van der Waals surface area contributed by atoms with Crippen LogP contribution in [-0.2, 0) is 4.79 Å². The Bertz CT molecular complexity index is 959. The summed E-state index contributed by atoms with van der Waals surface area (Å²) < 4.78 is 19.4. The number of carbonyl (C=O) groups is 1. The zero-order valence-corrected chi connectivity index (χ0v) is 18.8. The molecule has 170 valence electrons. The Balaban J connectivity index is 1.49. The molecule has 0 radical (unpaired) electrons. The highest BCUT2D eigenvalue weighted by molar-refractivity contribution is 5.81. The second-order valence-corrected chi connectivity index (χ2v) is 8.62. The number of nitrogens with one attached hydrogen (secondary N) is 2. The number of carbonyl (C=O) groups excluding carboxylic acids is 1. The molecule has 7 heteroatoms. The molecule has 1 saturated heterocycles. The number of rotatable bonds is 9. The van der Waals surface area contributed by atoms with E-state index in [0.717, 1.165) is 24.8 Å². The van der Waals surface area contributed by atoms with Crippen molar-refractivity contribution >= 4 is 5.91 Å². The molecule has 1 amide bonds. The van der Waals surface area contributed by atoms with Crippen molar-refractivity contribution in [1.82, 2.24) is 15.8 Å². The second kappa shape index (κ2) is 11.1. The largest absolute Gasteiger partial charge is 0.479 e. The molecule has 0 bridgehead atoms. The maximum atomic E-state index is 13.5. The summed E-state index contributed by atoms with van der Waals surface area (Å²) in [5, 5.41) is 9.29. The van der Waals surface area contributed by atoms with Gasteiger partial charge < -0.3 is 9.64 Å². The molecule has 1 aliphatic heterocycles.